The van der Waals surface area contributed by atoms with Crippen molar-refractivity contribution in [1.29, 1.82) is 0 Å². The highest BCUT2D eigenvalue weighted by atomic mass is 16.2. The minimum absolute atomic E-state index is 0.0430. The fourth-order valence-corrected chi connectivity index (χ4v) is 2.02. The van der Waals surface area contributed by atoms with E-state index in [0.717, 1.165) is 25.8 Å². The molecule has 2 rings (SSSR count). The first kappa shape index (κ1) is 9.97. The number of hydrogen-bond acceptors (Lipinski definition) is 2. The molecule has 0 radical (unpaired) electrons. The van der Waals surface area contributed by atoms with Crippen molar-refractivity contribution in [3.05, 3.63) is 0 Å². The molecular formula is C11H20N2O. The lowest BCUT2D eigenvalue weighted by Crippen LogP contribution is -2.52. The molecule has 1 saturated carbocycles. The average Bonchev–Trinajstić information content (AvgIpc) is 2.75. The molecule has 1 amide bonds. The highest BCUT2D eigenvalue weighted by Gasteiger charge is 2.47. The standard InChI is InChI=1S/C11H20N2O/c1-10(2)8(4-7-12-10)13-9(14)11(3)5-6-11/h8,12H,4-7H2,1-3H3,(H,13,14). The lowest BCUT2D eigenvalue weighted by Gasteiger charge is -2.28. The lowest BCUT2D eigenvalue weighted by atomic mass is 9.96. The molecule has 1 saturated heterocycles. The van der Waals surface area contributed by atoms with Crippen LogP contribution < -0.4 is 10.6 Å². The molecule has 1 atom stereocenters. The topological polar surface area (TPSA) is 41.1 Å². The molecule has 0 bridgehead atoms. The van der Waals surface area contributed by atoms with Crippen LogP contribution in [0.5, 0.6) is 0 Å². The highest BCUT2D eigenvalue weighted by molar-refractivity contribution is 5.85. The van der Waals surface area contributed by atoms with Crippen LogP contribution in [0.2, 0.25) is 0 Å². The minimum Gasteiger partial charge on any atom is -0.351 e. The molecule has 0 aromatic heterocycles. The van der Waals surface area contributed by atoms with Crippen molar-refractivity contribution in [3.63, 3.8) is 0 Å². The summed E-state index contributed by atoms with van der Waals surface area (Å²) in [5, 5.41) is 6.58. The predicted molar refractivity (Wildman–Crippen MR) is 56.0 cm³/mol. The van der Waals surface area contributed by atoms with E-state index in [2.05, 4.69) is 31.4 Å². The SMILES string of the molecule is CC1(C(=O)NC2CCNC2(C)C)CC1. The smallest absolute Gasteiger partial charge is 0.226 e. The third kappa shape index (κ3) is 1.65. The molecule has 3 nitrogen and oxygen atoms in total. The summed E-state index contributed by atoms with van der Waals surface area (Å²) in [6, 6.07) is 0.299. The van der Waals surface area contributed by atoms with Crippen molar-refractivity contribution in [2.45, 2.75) is 51.6 Å². The summed E-state index contributed by atoms with van der Waals surface area (Å²) in [6.07, 6.45) is 3.16. The molecule has 0 aromatic carbocycles. The molecule has 3 heteroatoms. The van der Waals surface area contributed by atoms with Crippen LogP contribution in [0.4, 0.5) is 0 Å². The van der Waals surface area contributed by atoms with Crippen molar-refractivity contribution in [2.24, 2.45) is 5.41 Å². The van der Waals surface area contributed by atoms with Gasteiger partial charge in [0.05, 0.1) is 0 Å². The first-order chi connectivity index (χ1) is 6.44. The number of hydrogen-bond donors (Lipinski definition) is 2. The molecule has 0 spiro atoms. The second-order valence-electron chi connectivity index (χ2n) is 5.52. The van der Waals surface area contributed by atoms with E-state index in [1.165, 1.54) is 0 Å². The van der Waals surface area contributed by atoms with E-state index in [9.17, 15) is 4.79 Å². The Hall–Kier alpha value is -0.570. The normalized spacial score (nSPS) is 32.6. The zero-order chi connectivity index (χ0) is 10.4. The van der Waals surface area contributed by atoms with Gasteiger partial charge in [-0.05, 0) is 39.7 Å². The Labute approximate surface area is 85.6 Å². The molecule has 2 fully saturated rings. The summed E-state index contributed by atoms with van der Waals surface area (Å²) < 4.78 is 0. The van der Waals surface area contributed by atoms with E-state index < -0.39 is 0 Å². The molecule has 1 unspecified atom stereocenters. The molecule has 80 valence electrons. The van der Waals surface area contributed by atoms with Crippen LogP contribution in [0.15, 0.2) is 0 Å². The number of nitrogens with one attached hydrogen (secondary N) is 2. The summed E-state index contributed by atoms with van der Waals surface area (Å²) in [5.74, 6) is 0.249. The Bertz CT molecular complexity index is 256. The largest absolute Gasteiger partial charge is 0.351 e. The number of rotatable bonds is 2. The Morgan fingerprint density at radius 2 is 2.00 bits per heavy atom. The van der Waals surface area contributed by atoms with E-state index in [0.29, 0.717) is 6.04 Å². The number of carbonyl (C=O) groups is 1. The van der Waals surface area contributed by atoms with Crippen LogP contribution >= 0.6 is 0 Å². The van der Waals surface area contributed by atoms with Crippen molar-refractivity contribution in [3.8, 4) is 0 Å². The minimum atomic E-state index is -0.0430. The van der Waals surface area contributed by atoms with Gasteiger partial charge in [0.2, 0.25) is 5.91 Å². The average molecular weight is 196 g/mol. The summed E-state index contributed by atoms with van der Waals surface area (Å²) in [6.45, 7) is 7.37. The van der Waals surface area contributed by atoms with Gasteiger partial charge >= 0.3 is 0 Å². The molecule has 2 N–H and O–H groups in total. The summed E-state index contributed by atoms with van der Waals surface area (Å²) in [7, 11) is 0. The zero-order valence-corrected chi connectivity index (χ0v) is 9.31. The second kappa shape index (κ2) is 2.96. The maximum Gasteiger partial charge on any atom is 0.226 e. The quantitative estimate of drug-likeness (QED) is 0.693. The molecular weight excluding hydrogens is 176 g/mol. The Kier molecular flexibility index (Phi) is 2.11. The van der Waals surface area contributed by atoms with Gasteiger partial charge in [-0.15, -0.1) is 0 Å². The van der Waals surface area contributed by atoms with Crippen LogP contribution in [0.25, 0.3) is 0 Å². The van der Waals surface area contributed by atoms with Crippen LogP contribution in [0.1, 0.15) is 40.0 Å². The van der Waals surface area contributed by atoms with Crippen molar-refractivity contribution in [1.82, 2.24) is 10.6 Å². The zero-order valence-electron chi connectivity index (χ0n) is 9.31. The van der Waals surface area contributed by atoms with E-state index in [1.807, 2.05) is 0 Å². The molecule has 1 heterocycles. The van der Waals surface area contributed by atoms with Gasteiger partial charge in [-0.1, -0.05) is 6.92 Å². The first-order valence-corrected chi connectivity index (χ1v) is 5.50. The van der Waals surface area contributed by atoms with Gasteiger partial charge in [-0.25, -0.2) is 0 Å². The Balaban J connectivity index is 1.94. The van der Waals surface area contributed by atoms with Gasteiger partial charge in [0.1, 0.15) is 0 Å². The predicted octanol–water partition coefficient (Wildman–Crippen LogP) is 1.04. The fourth-order valence-electron chi connectivity index (χ4n) is 2.02. The summed E-state index contributed by atoms with van der Waals surface area (Å²) >= 11 is 0. The van der Waals surface area contributed by atoms with Crippen molar-refractivity contribution < 1.29 is 4.79 Å². The molecule has 2 aliphatic rings. The van der Waals surface area contributed by atoms with E-state index in [-0.39, 0.29) is 16.9 Å². The van der Waals surface area contributed by atoms with Gasteiger partial charge < -0.3 is 10.6 Å². The van der Waals surface area contributed by atoms with E-state index in [1.54, 1.807) is 0 Å². The van der Waals surface area contributed by atoms with Gasteiger partial charge in [-0.2, -0.15) is 0 Å². The maximum absolute atomic E-state index is 11.8. The van der Waals surface area contributed by atoms with E-state index in [4.69, 9.17) is 0 Å². The third-order valence-electron chi connectivity index (χ3n) is 3.74. The third-order valence-corrected chi connectivity index (χ3v) is 3.74. The molecule has 14 heavy (non-hydrogen) atoms. The van der Waals surface area contributed by atoms with Gasteiger partial charge in [0.25, 0.3) is 0 Å². The summed E-state index contributed by atoms with van der Waals surface area (Å²) in [4.78, 5) is 11.8. The Morgan fingerprint density at radius 1 is 1.36 bits per heavy atom. The van der Waals surface area contributed by atoms with Crippen molar-refractivity contribution in [2.75, 3.05) is 6.54 Å². The monoisotopic (exact) mass is 196 g/mol. The Morgan fingerprint density at radius 3 is 2.43 bits per heavy atom. The molecule has 0 aromatic rings. The second-order valence-corrected chi connectivity index (χ2v) is 5.52. The van der Waals surface area contributed by atoms with Crippen LogP contribution in [0.3, 0.4) is 0 Å². The molecule has 1 aliphatic heterocycles. The maximum atomic E-state index is 11.8. The van der Waals surface area contributed by atoms with Gasteiger partial charge in [-0.3, -0.25) is 4.79 Å². The van der Waals surface area contributed by atoms with Crippen LogP contribution in [-0.4, -0.2) is 24.0 Å². The van der Waals surface area contributed by atoms with Crippen LogP contribution in [0, 0.1) is 5.41 Å². The highest BCUT2D eigenvalue weighted by Crippen LogP contribution is 2.45. The number of amides is 1. The lowest BCUT2D eigenvalue weighted by molar-refractivity contribution is -0.126. The summed E-state index contributed by atoms with van der Waals surface area (Å²) in [5.41, 5.74) is 0.0135. The number of carbonyl (C=O) groups excluding carboxylic acids is 1. The van der Waals surface area contributed by atoms with Gasteiger partial charge in [0.15, 0.2) is 0 Å². The van der Waals surface area contributed by atoms with E-state index >= 15 is 0 Å². The van der Waals surface area contributed by atoms with Crippen molar-refractivity contribution >= 4 is 5.91 Å². The molecule has 1 aliphatic carbocycles. The fraction of sp³-hybridized carbons (Fsp3) is 0.909. The van der Waals surface area contributed by atoms with Crippen LogP contribution in [-0.2, 0) is 4.79 Å². The first-order valence-electron chi connectivity index (χ1n) is 5.50. The van der Waals surface area contributed by atoms with Gasteiger partial charge in [0, 0.05) is 17.0 Å².